The van der Waals surface area contributed by atoms with Gasteiger partial charge in [-0.3, -0.25) is 4.79 Å². The second-order valence-electron chi connectivity index (χ2n) is 7.16. The minimum atomic E-state index is -0.402. The fourth-order valence-corrected chi connectivity index (χ4v) is 2.68. The first-order valence-corrected chi connectivity index (χ1v) is 7.88. The maximum Gasteiger partial charge on any atom is 0.496 e. The zero-order chi connectivity index (χ0) is 16.8. The van der Waals surface area contributed by atoms with Gasteiger partial charge in [0.25, 0.3) is 0 Å². The maximum absolute atomic E-state index is 11.4. The zero-order valence-electron chi connectivity index (χ0n) is 14.3. The molecule has 0 unspecified atom stereocenters. The quantitative estimate of drug-likeness (QED) is 0.612. The average Bonchev–Trinajstić information content (AvgIpc) is 2.66. The van der Waals surface area contributed by atoms with E-state index in [9.17, 15) is 4.79 Å². The fourth-order valence-electron chi connectivity index (χ4n) is 2.68. The van der Waals surface area contributed by atoms with Crippen LogP contribution in [0, 0.1) is 5.92 Å². The largest absolute Gasteiger partial charge is 0.496 e. The molecule has 1 aromatic heterocycles. The molecule has 0 radical (unpaired) electrons. The minimum Gasteiger partial charge on any atom is -0.469 e. The van der Waals surface area contributed by atoms with Gasteiger partial charge >= 0.3 is 13.1 Å². The zero-order valence-corrected chi connectivity index (χ0v) is 14.3. The van der Waals surface area contributed by atoms with Crippen molar-refractivity contribution in [3.63, 3.8) is 0 Å². The first kappa shape index (κ1) is 16.3. The molecule has 2 aliphatic heterocycles. The molecule has 7 heteroatoms. The SMILES string of the molecule is COC(=O)C1CN(c2ccc(B3OC(C)(C)C(C)(C)O3)cn2)C1. The Hall–Kier alpha value is -1.60. The maximum atomic E-state index is 11.4. The molecule has 124 valence electrons. The van der Waals surface area contributed by atoms with Gasteiger partial charge in [-0.15, -0.1) is 0 Å². The van der Waals surface area contributed by atoms with Crippen LogP contribution >= 0.6 is 0 Å². The lowest BCUT2D eigenvalue weighted by Crippen LogP contribution is -2.51. The van der Waals surface area contributed by atoms with Crippen molar-refractivity contribution in [1.29, 1.82) is 0 Å². The van der Waals surface area contributed by atoms with Crippen LogP contribution in [0.25, 0.3) is 0 Å². The lowest BCUT2D eigenvalue weighted by Gasteiger charge is -2.38. The van der Waals surface area contributed by atoms with E-state index >= 15 is 0 Å². The van der Waals surface area contributed by atoms with Crippen LogP contribution in [-0.2, 0) is 18.8 Å². The van der Waals surface area contributed by atoms with E-state index in [1.165, 1.54) is 7.11 Å². The molecule has 0 N–H and O–H groups in total. The van der Waals surface area contributed by atoms with E-state index in [1.807, 2.05) is 39.8 Å². The number of rotatable bonds is 3. The number of carbonyl (C=O) groups is 1. The molecule has 0 saturated carbocycles. The summed E-state index contributed by atoms with van der Waals surface area (Å²) in [5, 5.41) is 0. The van der Waals surface area contributed by atoms with E-state index in [1.54, 1.807) is 6.20 Å². The second-order valence-corrected chi connectivity index (χ2v) is 7.16. The van der Waals surface area contributed by atoms with Crippen molar-refractivity contribution in [1.82, 2.24) is 4.98 Å². The molecular formula is C16H23BN2O4. The van der Waals surface area contributed by atoms with E-state index in [2.05, 4.69) is 9.88 Å². The van der Waals surface area contributed by atoms with E-state index in [4.69, 9.17) is 14.0 Å². The van der Waals surface area contributed by atoms with Crippen molar-refractivity contribution in [3.8, 4) is 0 Å². The number of anilines is 1. The van der Waals surface area contributed by atoms with Crippen molar-refractivity contribution in [2.24, 2.45) is 5.92 Å². The molecule has 0 spiro atoms. The number of carbonyl (C=O) groups excluding carboxylic acids is 1. The van der Waals surface area contributed by atoms with Crippen LogP contribution < -0.4 is 10.4 Å². The van der Waals surface area contributed by atoms with Crippen LogP contribution in [0.5, 0.6) is 0 Å². The van der Waals surface area contributed by atoms with Crippen LogP contribution in [0.4, 0.5) is 5.82 Å². The highest BCUT2D eigenvalue weighted by molar-refractivity contribution is 6.62. The highest BCUT2D eigenvalue weighted by Gasteiger charge is 2.51. The summed E-state index contributed by atoms with van der Waals surface area (Å²) in [5.41, 5.74) is 0.181. The molecule has 2 aliphatic rings. The third-order valence-electron chi connectivity index (χ3n) is 5.04. The normalized spacial score (nSPS) is 22.8. The van der Waals surface area contributed by atoms with Crippen molar-refractivity contribution >= 4 is 24.4 Å². The van der Waals surface area contributed by atoms with Crippen molar-refractivity contribution in [2.45, 2.75) is 38.9 Å². The Kier molecular flexibility index (Phi) is 3.88. The molecule has 3 rings (SSSR count). The Bertz CT molecular complexity index is 581. The molecule has 0 aliphatic carbocycles. The van der Waals surface area contributed by atoms with E-state index in [0.717, 1.165) is 11.3 Å². The first-order chi connectivity index (χ1) is 10.7. The van der Waals surface area contributed by atoms with Gasteiger partial charge in [0, 0.05) is 24.7 Å². The van der Waals surface area contributed by atoms with E-state index in [-0.39, 0.29) is 23.1 Å². The van der Waals surface area contributed by atoms with Gasteiger partial charge in [0.1, 0.15) is 5.82 Å². The fraction of sp³-hybridized carbons (Fsp3) is 0.625. The highest BCUT2D eigenvalue weighted by Crippen LogP contribution is 2.36. The molecule has 0 aromatic carbocycles. The summed E-state index contributed by atoms with van der Waals surface area (Å²) >= 11 is 0. The van der Waals surface area contributed by atoms with Crippen molar-refractivity contribution < 1.29 is 18.8 Å². The van der Waals surface area contributed by atoms with E-state index < -0.39 is 7.12 Å². The molecule has 0 atom stereocenters. The highest BCUT2D eigenvalue weighted by atomic mass is 16.7. The number of hydrogen-bond donors (Lipinski definition) is 0. The standard InChI is InChI=1S/C16H23BN2O4/c1-15(2)16(3,4)23-17(22-15)12-6-7-13(18-8-12)19-9-11(10-19)14(20)21-5/h6-8,11H,9-10H2,1-5H3. The van der Waals surface area contributed by atoms with Gasteiger partial charge in [0.15, 0.2) is 0 Å². The number of pyridine rings is 1. The predicted octanol–water partition coefficient (Wildman–Crippen LogP) is 0.990. The van der Waals surface area contributed by atoms with Gasteiger partial charge in [-0.05, 0) is 33.8 Å². The molecule has 3 heterocycles. The third-order valence-corrected chi connectivity index (χ3v) is 5.04. The predicted molar refractivity (Wildman–Crippen MR) is 87.7 cm³/mol. The Morgan fingerprint density at radius 1 is 1.26 bits per heavy atom. The Labute approximate surface area is 137 Å². The smallest absolute Gasteiger partial charge is 0.469 e. The van der Waals surface area contributed by atoms with Crippen LogP contribution in [0.1, 0.15) is 27.7 Å². The molecule has 2 fully saturated rings. The number of methoxy groups -OCH3 is 1. The molecule has 0 bridgehead atoms. The summed E-state index contributed by atoms with van der Waals surface area (Å²) in [6.45, 7) is 9.41. The summed E-state index contributed by atoms with van der Waals surface area (Å²) in [6.07, 6.45) is 1.78. The second kappa shape index (κ2) is 5.49. The summed E-state index contributed by atoms with van der Waals surface area (Å²) < 4.78 is 16.8. The minimum absolute atomic E-state index is 0.0513. The summed E-state index contributed by atoms with van der Waals surface area (Å²) in [7, 11) is 1.02. The lowest BCUT2D eigenvalue weighted by molar-refractivity contribution is -0.146. The van der Waals surface area contributed by atoms with Crippen molar-refractivity contribution in [2.75, 3.05) is 25.1 Å². The van der Waals surface area contributed by atoms with Gasteiger partial charge in [0.05, 0.1) is 24.2 Å². The van der Waals surface area contributed by atoms with Gasteiger partial charge < -0.3 is 18.9 Å². The van der Waals surface area contributed by atoms with Crippen LogP contribution in [-0.4, -0.2) is 49.5 Å². The van der Waals surface area contributed by atoms with Gasteiger partial charge in [-0.2, -0.15) is 0 Å². The third kappa shape index (κ3) is 2.83. The Morgan fingerprint density at radius 3 is 2.35 bits per heavy atom. The van der Waals surface area contributed by atoms with Crippen molar-refractivity contribution in [3.05, 3.63) is 18.3 Å². The molecular weight excluding hydrogens is 295 g/mol. The molecule has 2 saturated heterocycles. The van der Waals surface area contributed by atoms with Crippen LogP contribution in [0.3, 0.4) is 0 Å². The number of nitrogens with zero attached hydrogens (tertiary/aromatic N) is 2. The lowest BCUT2D eigenvalue weighted by atomic mass is 9.80. The molecule has 0 amide bonds. The molecule has 6 nitrogen and oxygen atoms in total. The molecule has 23 heavy (non-hydrogen) atoms. The molecule has 1 aromatic rings. The first-order valence-electron chi connectivity index (χ1n) is 7.88. The average molecular weight is 318 g/mol. The van der Waals surface area contributed by atoms with Gasteiger partial charge in [-0.1, -0.05) is 6.07 Å². The monoisotopic (exact) mass is 318 g/mol. The number of aromatic nitrogens is 1. The van der Waals surface area contributed by atoms with Gasteiger partial charge in [-0.25, -0.2) is 4.98 Å². The summed E-state index contributed by atoms with van der Waals surface area (Å²) in [4.78, 5) is 17.9. The summed E-state index contributed by atoms with van der Waals surface area (Å²) in [5.74, 6) is 0.644. The number of hydrogen-bond acceptors (Lipinski definition) is 6. The van der Waals surface area contributed by atoms with E-state index in [0.29, 0.717) is 13.1 Å². The van der Waals surface area contributed by atoms with Gasteiger partial charge in [0.2, 0.25) is 0 Å². The Balaban J connectivity index is 1.64. The van der Waals surface area contributed by atoms with Crippen LogP contribution in [0.2, 0.25) is 0 Å². The summed E-state index contributed by atoms with van der Waals surface area (Å²) in [6, 6.07) is 3.91. The number of ether oxygens (including phenoxy) is 1. The van der Waals surface area contributed by atoms with Crippen LogP contribution in [0.15, 0.2) is 18.3 Å². The number of esters is 1. The topological polar surface area (TPSA) is 60.9 Å². The Morgan fingerprint density at radius 2 is 1.87 bits per heavy atom.